The van der Waals surface area contributed by atoms with E-state index in [0.29, 0.717) is 52.3 Å². The molecule has 0 bridgehead atoms. The Balaban J connectivity index is -0.0000000963. The summed E-state index contributed by atoms with van der Waals surface area (Å²) in [5.74, 6) is 0. The van der Waals surface area contributed by atoms with Crippen LogP contribution in [0, 0.1) is 0 Å². The molecule has 0 aromatic carbocycles. The first-order valence-corrected chi connectivity index (χ1v) is 6.44. The molecule has 0 aliphatic rings. The molecule has 0 rings (SSSR count). The monoisotopic (exact) mass is 362 g/mol. The van der Waals surface area contributed by atoms with Crippen molar-refractivity contribution in [1.82, 2.24) is 0 Å². The highest BCUT2D eigenvalue weighted by atomic mass is 16.6. The van der Waals surface area contributed by atoms with Gasteiger partial charge < -0.3 is 29.5 Å². The second-order valence-electron chi connectivity index (χ2n) is 3.87. The van der Waals surface area contributed by atoms with Gasteiger partial charge in [-0.2, -0.15) is 0 Å². The van der Waals surface area contributed by atoms with Crippen LogP contribution in [0.1, 0.15) is 63.8 Å². The molecular weight excluding hydrogens is 312 g/mol. The number of hydrogen-bond acceptors (Lipinski definition) is 6. The molecule has 0 atom stereocenters. The Morgan fingerprint density at radius 1 is 0.542 bits per heavy atom. The highest BCUT2D eigenvalue weighted by Gasteiger charge is 2.09. The van der Waals surface area contributed by atoms with Gasteiger partial charge >= 0.3 is 0 Å². The van der Waals surface area contributed by atoms with Crippen LogP contribution in [0.2, 0.25) is 0 Å². The molecule has 0 aliphatic heterocycles. The van der Waals surface area contributed by atoms with Crippen molar-refractivity contribution in [2.45, 2.75) is 69.9 Å². The Labute approximate surface area is 153 Å². The first-order valence-electron chi connectivity index (χ1n) is 6.44. The van der Waals surface area contributed by atoms with Crippen LogP contribution in [0.3, 0.4) is 0 Å². The predicted molar refractivity (Wildman–Crippen MR) is 107 cm³/mol. The third-order valence-corrected chi connectivity index (χ3v) is 2.16. The number of aliphatic hydroxyl groups is 3. The van der Waals surface area contributed by atoms with Crippen LogP contribution >= 0.6 is 0 Å². The van der Waals surface area contributed by atoms with Crippen LogP contribution in [-0.2, 0) is 14.2 Å². The van der Waals surface area contributed by atoms with Crippen molar-refractivity contribution in [3.05, 3.63) is 0 Å². The molecule has 0 unspecified atom stereocenters. The summed E-state index contributed by atoms with van der Waals surface area (Å²) in [5.41, 5.74) is 0. The van der Waals surface area contributed by atoms with Crippen molar-refractivity contribution >= 4 is 0 Å². The quantitative estimate of drug-likeness (QED) is 0.411. The summed E-state index contributed by atoms with van der Waals surface area (Å²) in [6.45, 7) is 2.60. The predicted octanol–water partition coefficient (Wildman–Crippen LogP) is 3.37. The van der Waals surface area contributed by atoms with E-state index in [-0.39, 0.29) is 70.5 Å². The second-order valence-corrected chi connectivity index (χ2v) is 3.87. The van der Waals surface area contributed by atoms with Gasteiger partial charge in [0.1, 0.15) is 6.10 Å². The minimum Gasteiger partial charge on any atom is -0.396 e. The molecule has 6 heteroatoms. The molecule has 0 amide bonds. The highest BCUT2D eigenvalue weighted by Crippen LogP contribution is 1.98. The fourth-order valence-electron chi connectivity index (χ4n) is 1.22. The molecule has 0 aromatic rings. The Kier molecular flexibility index (Phi) is 70.0. The van der Waals surface area contributed by atoms with Gasteiger partial charge in [-0.05, 0) is 19.3 Å². The van der Waals surface area contributed by atoms with Crippen LogP contribution in [0.4, 0.5) is 0 Å². The van der Waals surface area contributed by atoms with E-state index in [9.17, 15) is 0 Å². The molecule has 0 radical (unpaired) electrons. The molecule has 0 aliphatic carbocycles. The Morgan fingerprint density at radius 3 is 1.21 bits per heavy atom. The number of ether oxygens (including phenoxy) is 3. The molecule has 3 N–H and O–H groups in total. The van der Waals surface area contributed by atoms with Crippen LogP contribution < -0.4 is 0 Å². The highest BCUT2D eigenvalue weighted by molar-refractivity contribution is 4.56. The van der Waals surface area contributed by atoms with Crippen molar-refractivity contribution in [3.63, 3.8) is 0 Å². The van der Waals surface area contributed by atoms with Crippen LogP contribution in [0.15, 0.2) is 0 Å². The van der Waals surface area contributed by atoms with Gasteiger partial charge in [0.15, 0.2) is 0 Å². The first-order chi connectivity index (χ1) is 8.85. The van der Waals surface area contributed by atoms with Crippen molar-refractivity contribution in [3.8, 4) is 0 Å². The Morgan fingerprint density at radius 2 is 0.875 bits per heavy atom. The maximum atomic E-state index is 8.67. The lowest BCUT2D eigenvalue weighted by Gasteiger charge is -2.18. The summed E-state index contributed by atoms with van der Waals surface area (Å²) < 4.78 is 16.2. The minimum absolute atomic E-state index is 0. The largest absolute Gasteiger partial charge is 0.396 e. The Bertz CT molecular complexity index is 146. The van der Waals surface area contributed by atoms with Gasteiger partial charge in [0.2, 0.25) is 0 Å². The van der Waals surface area contributed by atoms with E-state index >= 15 is 0 Å². The van der Waals surface area contributed by atoms with Gasteiger partial charge in [0, 0.05) is 39.6 Å². The summed E-state index contributed by atoms with van der Waals surface area (Å²) in [7, 11) is 0. The van der Waals surface area contributed by atoms with Crippen LogP contribution in [0.25, 0.3) is 0 Å². The van der Waals surface area contributed by atoms with E-state index in [1.165, 1.54) is 0 Å². The van der Waals surface area contributed by atoms with Crippen molar-refractivity contribution in [2.75, 3.05) is 52.9 Å². The average Bonchev–Trinajstić information content (AvgIpc) is 2.39. The summed E-state index contributed by atoms with van der Waals surface area (Å²) in [6.07, 6.45) is 1.63. The average molecular weight is 363 g/mol. The van der Waals surface area contributed by atoms with E-state index in [0.717, 1.165) is 0 Å². The molecule has 0 spiro atoms. The van der Waals surface area contributed by atoms with Crippen LogP contribution in [0.5, 0.6) is 0 Å². The molecule has 0 saturated carbocycles. The lowest BCUT2D eigenvalue weighted by atomic mass is 10.4. The number of aliphatic hydroxyl groups excluding tert-OH is 3. The Hall–Kier alpha value is -0.240. The van der Waals surface area contributed by atoms with Gasteiger partial charge in [-0.3, -0.25) is 0 Å². The van der Waals surface area contributed by atoms with E-state index < -0.39 is 0 Å². The van der Waals surface area contributed by atoms with Crippen molar-refractivity contribution < 1.29 is 29.5 Å². The summed E-state index contributed by atoms with van der Waals surface area (Å²) in [5, 5.41) is 25.9. The number of hydrogen-bond donors (Lipinski definition) is 3. The van der Waals surface area contributed by atoms with E-state index in [4.69, 9.17) is 29.5 Å². The maximum Gasteiger partial charge on any atom is 0.104 e. The molecular formula is C18H50O6. The van der Waals surface area contributed by atoms with Gasteiger partial charge in [-0.25, -0.2) is 0 Å². The molecule has 158 valence electrons. The summed E-state index contributed by atoms with van der Waals surface area (Å²) in [6, 6.07) is 0. The SMILES string of the molecule is C.C.C.C.C.C.OCCCOCC(COCCCO)OCCCO. The normalized spacial score (nSPS) is 8.50. The molecule has 0 aromatic heterocycles. The topological polar surface area (TPSA) is 88.4 Å². The van der Waals surface area contributed by atoms with Crippen molar-refractivity contribution in [1.29, 1.82) is 0 Å². The molecule has 24 heavy (non-hydrogen) atoms. The summed E-state index contributed by atoms with van der Waals surface area (Å²) >= 11 is 0. The fourth-order valence-corrected chi connectivity index (χ4v) is 1.22. The third-order valence-electron chi connectivity index (χ3n) is 2.16. The van der Waals surface area contributed by atoms with Gasteiger partial charge in [0.05, 0.1) is 13.2 Å². The standard InChI is InChI=1S/C12H26O6.6CH4/c13-4-1-7-16-10-12(18-9-3-6-15)11-17-8-2-5-14;;;;;;/h12-15H,1-11H2;6*1H4. The van der Waals surface area contributed by atoms with Crippen molar-refractivity contribution in [2.24, 2.45) is 0 Å². The lowest BCUT2D eigenvalue weighted by Crippen LogP contribution is -2.27. The fraction of sp³-hybridized carbons (Fsp3) is 1.00. The lowest BCUT2D eigenvalue weighted by molar-refractivity contribution is -0.0644. The van der Waals surface area contributed by atoms with Gasteiger partial charge in [0.25, 0.3) is 0 Å². The molecule has 6 nitrogen and oxygen atoms in total. The zero-order valence-corrected chi connectivity index (χ0v) is 10.9. The maximum absolute atomic E-state index is 8.67. The zero-order valence-electron chi connectivity index (χ0n) is 10.9. The molecule has 0 fully saturated rings. The third kappa shape index (κ3) is 33.4. The number of rotatable bonds is 14. The smallest absolute Gasteiger partial charge is 0.104 e. The zero-order chi connectivity index (χ0) is 13.5. The first kappa shape index (κ1) is 43.8. The second kappa shape index (κ2) is 38.4. The molecule has 0 saturated heterocycles. The van der Waals surface area contributed by atoms with E-state index in [1.54, 1.807) is 0 Å². The van der Waals surface area contributed by atoms with Gasteiger partial charge in [-0.15, -0.1) is 0 Å². The molecule has 0 heterocycles. The minimum atomic E-state index is -0.172. The van der Waals surface area contributed by atoms with Gasteiger partial charge in [-0.1, -0.05) is 44.6 Å². The van der Waals surface area contributed by atoms with E-state index in [2.05, 4.69) is 0 Å². The van der Waals surface area contributed by atoms with E-state index in [1.807, 2.05) is 0 Å². The summed E-state index contributed by atoms with van der Waals surface area (Å²) in [4.78, 5) is 0. The van der Waals surface area contributed by atoms with Crippen LogP contribution in [-0.4, -0.2) is 74.3 Å².